The first-order valence-corrected chi connectivity index (χ1v) is 6.07. The Hall–Kier alpha value is -2.01. The van der Waals surface area contributed by atoms with Crippen LogP contribution in [0.1, 0.15) is 16.8 Å². The van der Waals surface area contributed by atoms with Gasteiger partial charge in [0.05, 0.1) is 17.7 Å². The highest BCUT2D eigenvalue weighted by atomic mass is 35.5. The summed E-state index contributed by atoms with van der Waals surface area (Å²) in [6, 6.07) is 5.23. The minimum absolute atomic E-state index is 0.256. The normalized spacial score (nSPS) is 10.7. The van der Waals surface area contributed by atoms with Gasteiger partial charge in [-0.05, 0) is 31.5 Å². The van der Waals surface area contributed by atoms with E-state index in [2.05, 4.69) is 5.10 Å². The van der Waals surface area contributed by atoms with Crippen molar-refractivity contribution in [2.45, 2.75) is 20.3 Å². The van der Waals surface area contributed by atoms with Crippen molar-refractivity contribution in [3.63, 3.8) is 0 Å². The number of benzene rings is 1. The molecule has 0 spiro atoms. The van der Waals surface area contributed by atoms with Crippen LogP contribution in [0, 0.1) is 13.8 Å². The Morgan fingerprint density at radius 2 is 2.11 bits per heavy atom. The van der Waals surface area contributed by atoms with E-state index >= 15 is 0 Å². The number of carbonyl (C=O) groups is 1. The summed E-state index contributed by atoms with van der Waals surface area (Å²) in [5, 5.41) is 12.2. The van der Waals surface area contributed by atoms with Crippen molar-refractivity contribution in [3.8, 4) is 5.69 Å². The van der Waals surface area contributed by atoms with Crippen molar-refractivity contribution in [1.29, 1.82) is 0 Å². The van der Waals surface area contributed by atoms with E-state index in [1.54, 1.807) is 32.0 Å². The van der Waals surface area contributed by atoms with Gasteiger partial charge in [0.1, 0.15) is 0 Å². The third-order valence-corrected chi connectivity index (χ3v) is 3.41. The van der Waals surface area contributed by atoms with Crippen LogP contribution in [0.3, 0.4) is 0 Å². The molecule has 0 fully saturated rings. The first-order chi connectivity index (χ1) is 8.91. The van der Waals surface area contributed by atoms with Crippen LogP contribution in [0.15, 0.2) is 23.0 Å². The number of carboxylic acid groups (broad SMARTS) is 1. The van der Waals surface area contributed by atoms with Crippen LogP contribution in [0.5, 0.6) is 0 Å². The highest BCUT2D eigenvalue weighted by molar-refractivity contribution is 6.31. The topological polar surface area (TPSA) is 75.1 Å². The first kappa shape index (κ1) is 13.4. The third-order valence-electron chi connectivity index (χ3n) is 3.00. The lowest BCUT2D eigenvalue weighted by molar-refractivity contribution is -0.136. The maximum atomic E-state index is 12.2. The Bertz CT molecular complexity index is 700. The zero-order valence-electron chi connectivity index (χ0n) is 10.5. The molecule has 19 heavy (non-hydrogen) atoms. The molecule has 1 aromatic heterocycles. The smallest absolute Gasteiger partial charge is 0.308 e. The van der Waals surface area contributed by atoms with Crippen molar-refractivity contribution in [3.05, 3.63) is 50.4 Å². The molecule has 0 aliphatic carbocycles. The second-order valence-corrected chi connectivity index (χ2v) is 4.72. The number of nitrogens with one attached hydrogen (secondary N) is 1. The number of aromatic amines is 1. The molecule has 0 aliphatic heterocycles. The summed E-state index contributed by atoms with van der Waals surface area (Å²) >= 11 is 6.02. The Morgan fingerprint density at radius 3 is 2.74 bits per heavy atom. The number of H-pyrrole nitrogens is 1. The van der Waals surface area contributed by atoms with Crippen LogP contribution in [0.2, 0.25) is 5.02 Å². The number of aryl methyl sites for hydroxylation is 1. The van der Waals surface area contributed by atoms with Crippen LogP contribution < -0.4 is 5.56 Å². The fourth-order valence-corrected chi connectivity index (χ4v) is 2.12. The zero-order chi connectivity index (χ0) is 14.2. The number of aliphatic carboxylic acids is 1. The van der Waals surface area contributed by atoms with Crippen LogP contribution in [0.4, 0.5) is 0 Å². The van der Waals surface area contributed by atoms with Crippen molar-refractivity contribution >= 4 is 17.6 Å². The summed E-state index contributed by atoms with van der Waals surface area (Å²) < 4.78 is 1.33. The second-order valence-electron chi connectivity index (χ2n) is 4.31. The van der Waals surface area contributed by atoms with Gasteiger partial charge in [-0.3, -0.25) is 14.7 Å². The number of carboxylic acids is 1. The molecular formula is C13H13ClN2O3. The molecule has 0 radical (unpaired) electrons. The van der Waals surface area contributed by atoms with Gasteiger partial charge in [-0.15, -0.1) is 0 Å². The van der Waals surface area contributed by atoms with Gasteiger partial charge in [-0.1, -0.05) is 17.7 Å². The summed E-state index contributed by atoms with van der Waals surface area (Å²) in [5.41, 5.74) is 1.83. The molecule has 1 aromatic carbocycles. The van der Waals surface area contributed by atoms with E-state index in [4.69, 9.17) is 16.7 Å². The molecule has 0 aliphatic rings. The van der Waals surface area contributed by atoms with E-state index < -0.39 is 5.97 Å². The summed E-state index contributed by atoms with van der Waals surface area (Å²) in [6.07, 6.45) is -0.298. The number of halogens is 1. The van der Waals surface area contributed by atoms with Crippen molar-refractivity contribution in [1.82, 2.24) is 9.78 Å². The summed E-state index contributed by atoms with van der Waals surface area (Å²) in [6.45, 7) is 3.48. The number of hydrogen-bond acceptors (Lipinski definition) is 2. The molecule has 100 valence electrons. The quantitative estimate of drug-likeness (QED) is 0.904. The Balaban J connectivity index is 2.62. The van der Waals surface area contributed by atoms with E-state index in [0.717, 1.165) is 5.56 Å². The maximum Gasteiger partial charge on any atom is 0.308 e. The molecule has 5 nitrogen and oxygen atoms in total. The van der Waals surface area contributed by atoms with Crippen LogP contribution in [-0.4, -0.2) is 20.9 Å². The van der Waals surface area contributed by atoms with Gasteiger partial charge in [0.25, 0.3) is 5.56 Å². The van der Waals surface area contributed by atoms with E-state index in [9.17, 15) is 9.59 Å². The molecule has 0 unspecified atom stereocenters. The molecule has 2 aromatic rings. The second kappa shape index (κ2) is 4.93. The van der Waals surface area contributed by atoms with Crippen LogP contribution in [-0.2, 0) is 11.2 Å². The number of hydrogen-bond donors (Lipinski definition) is 2. The molecule has 0 amide bonds. The van der Waals surface area contributed by atoms with Gasteiger partial charge < -0.3 is 5.11 Å². The van der Waals surface area contributed by atoms with E-state index in [1.165, 1.54) is 4.68 Å². The maximum absolute atomic E-state index is 12.2. The Labute approximate surface area is 114 Å². The fraction of sp³-hybridized carbons (Fsp3) is 0.231. The third kappa shape index (κ3) is 2.42. The predicted octanol–water partition coefficient (Wildman–Crippen LogP) is 2.06. The molecular weight excluding hydrogens is 268 g/mol. The molecule has 0 bridgehead atoms. The average molecular weight is 281 g/mol. The zero-order valence-corrected chi connectivity index (χ0v) is 11.3. The lowest BCUT2D eigenvalue weighted by Crippen LogP contribution is -2.20. The van der Waals surface area contributed by atoms with Gasteiger partial charge >= 0.3 is 5.97 Å². The largest absolute Gasteiger partial charge is 0.481 e. The summed E-state index contributed by atoms with van der Waals surface area (Å²) in [5.74, 6) is -1.03. The summed E-state index contributed by atoms with van der Waals surface area (Å²) in [7, 11) is 0. The molecule has 0 saturated carbocycles. The molecule has 1 heterocycles. The van der Waals surface area contributed by atoms with Gasteiger partial charge in [0.2, 0.25) is 0 Å². The minimum Gasteiger partial charge on any atom is -0.481 e. The lowest BCUT2D eigenvalue weighted by atomic mass is 10.2. The van der Waals surface area contributed by atoms with Gasteiger partial charge in [-0.25, -0.2) is 4.68 Å². The lowest BCUT2D eigenvalue weighted by Gasteiger charge is -2.07. The average Bonchev–Trinajstić information content (AvgIpc) is 2.60. The molecule has 6 heteroatoms. The first-order valence-electron chi connectivity index (χ1n) is 5.69. The number of aromatic nitrogens is 2. The monoisotopic (exact) mass is 280 g/mol. The van der Waals surface area contributed by atoms with Gasteiger partial charge in [0, 0.05) is 10.7 Å². The van der Waals surface area contributed by atoms with E-state index in [1.807, 2.05) is 0 Å². The fourth-order valence-electron chi connectivity index (χ4n) is 1.95. The molecule has 2 N–H and O–H groups in total. The number of rotatable bonds is 3. The molecule has 0 atom stereocenters. The van der Waals surface area contributed by atoms with Crippen molar-refractivity contribution in [2.75, 3.05) is 0 Å². The Morgan fingerprint density at radius 1 is 1.42 bits per heavy atom. The van der Waals surface area contributed by atoms with Crippen molar-refractivity contribution < 1.29 is 9.90 Å². The van der Waals surface area contributed by atoms with Gasteiger partial charge in [0.15, 0.2) is 0 Å². The van der Waals surface area contributed by atoms with Gasteiger partial charge in [-0.2, -0.15) is 0 Å². The number of nitrogens with zero attached hydrogens (tertiary/aromatic N) is 1. The minimum atomic E-state index is -1.03. The summed E-state index contributed by atoms with van der Waals surface area (Å²) in [4.78, 5) is 23.0. The van der Waals surface area contributed by atoms with Crippen LogP contribution >= 0.6 is 11.6 Å². The highest BCUT2D eigenvalue weighted by Gasteiger charge is 2.16. The Kier molecular flexibility index (Phi) is 3.48. The van der Waals surface area contributed by atoms with Crippen LogP contribution in [0.25, 0.3) is 5.69 Å². The van der Waals surface area contributed by atoms with Crippen molar-refractivity contribution in [2.24, 2.45) is 0 Å². The standard InChI is InChI=1S/C13H13ClN2O3/c1-7-10(14)4-3-5-11(7)16-13(19)9(6-12(17)18)8(2)15-16/h3-5,15H,6H2,1-2H3,(H,17,18). The van der Waals surface area contributed by atoms with E-state index in [-0.39, 0.29) is 17.5 Å². The predicted molar refractivity (Wildman–Crippen MR) is 72.2 cm³/mol. The van der Waals surface area contributed by atoms with E-state index in [0.29, 0.717) is 16.4 Å². The molecule has 0 saturated heterocycles. The highest BCUT2D eigenvalue weighted by Crippen LogP contribution is 2.21. The molecule has 2 rings (SSSR count). The SMILES string of the molecule is Cc1[nH]n(-c2cccc(Cl)c2C)c(=O)c1CC(=O)O.